The summed E-state index contributed by atoms with van der Waals surface area (Å²) in [7, 11) is 0. The molecule has 2 aliphatic rings. The fourth-order valence-corrected chi connectivity index (χ4v) is 4.01. The van der Waals surface area contributed by atoms with Crippen LogP contribution in [0.4, 0.5) is 23.4 Å². The molecule has 2 fully saturated rings. The number of pyridine rings is 1. The number of amides is 1. The molecular formula is C24H26F4N4O. The van der Waals surface area contributed by atoms with Gasteiger partial charge in [0.1, 0.15) is 11.6 Å². The van der Waals surface area contributed by atoms with Crippen LogP contribution < -0.4 is 16.0 Å². The molecule has 1 aliphatic carbocycles. The number of rotatable bonds is 6. The normalized spacial score (nSPS) is 17.6. The molecule has 1 unspecified atom stereocenters. The molecule has 1 aliphatic heterocycles. The van der Waals surface area contributed by atoms with Crippen molar-refractivity contribution < 1.29 is 22.4 Å². The standard InChI is InChI=1S/C24H26F4N4O/c25-19-4-5-20(24(26,27)28)18(12-19)11-15-7-9-32(10-8-15)22-6-3-17(13-30-22)23(33)31-14-21(29)16-1-2-16/h3-6,11-13,16,21H,1-2,7-10,14,29H2,(H,31,33). The summed E-state index contributed by atoms with van der Waals surface area (Å²) in [5.41, 5.74) is 6.29. The zero-order valence-corrected chi connectivity index (χ0v) is 18.0. The van der Waals surface area contributed by atoms with Gasteiger partial charge in [-0.1, -0.05) is 11.6 Å². The van der Waals surface area contributed by atoms with Crippen molar-refractivity contribution in [3.05, 3.63) is 64.6 Å². The highest BCUT2D eigenvalue weighted by atomic mass is 19.4. The summed E-state index contributed by atoms with van der Waals surface area (Å²) in [5.74, 6) is 0.284. The van der Waals surface area contributed by atoms with E-state index in [2.05, 4.69) is 10.3 Å². The Bertz CT molecular complexity index is 1020. The highest BCUT2D eigenvalue weighted by Crippen LogP contribution is 2.34. The second-order valence-corrected chi connectivity index (χ2v) is 8.64. The summed E-state index contributed by atoms with van der Waals surface area (Å²) in [6, 6.07) is 5.97. The second-order valence-electron chi connectivity index (χ2n) is 8.64. The Balaban J connectivity index is 1.35. The van der Waals surface area contributed by atoms with Gasteiger partial charge in [-0.15, -0.1) is 0 Å². The first-order valence-electron chi connectivity index (χ1n) is 11.0. The van der Waals surface area contributed by atoms with Crippen molar-refractivity contribution in [2.75, 3.05) is 24.5 Å². The maximum absolute atomic E-state index is 13.5. The van der Waals surface area contributed by atoms with E-state index in [1.807, 2.05) is 4.90 Å². The van der Waals surface area contributed by atoms with E-state index in [1.165, 1.54) is 12.3 Å². The van der Waals surface area contributed by atoms with Crippen molar-refractivity contribution in [2.24, 2.45) is 11.7 Å². The third kappa shape index (κ3) is 5.90. The number of carbonyl (C=O) groups is 1. The summed E-state index contributed by atoms with van der Waals surface area (Å²) in [6.45, 7) is 1.57. The number of carbonyl (C=O) groups excluding carboxylic acids is 1. The summed E-state index contributed by atoms with van der Waals surface area (Å²) in [4.78, 5) is 18.7. The van der Waals surface area contributed by atoms with Gasteiger partial charge in [0.05, 0.1) is 11.1 Å². The lowest BCUT2D eigenvalue weighted by Crippen LogP contribution is -2.38. The van der Waals surface area contributed by atoms with Gasteiger partial charge in [0.25, 0.3) is 5.91 Å². The summed E-state index contributed by atoms with van der Waals surface area (Å²) < 4.78 is 53.2. The fourth-order valence-electron chi connectivity index (χ4n) is 4.01. The number of nitrogens with two attached hydrogens (primary N) is 1. The molecular weight excluding hydrogens is 436 g/mol. The van der Waals surface area contributed by atoms with E-state index >= 15 is 0 Å². The Morgan fingerprint density at radius 3 is 2.55 bits per heavy atom. The summed E-state index contributed by atoms with van der Waals surface area (Å²) >= 11 is 0. The molecule has 1 amide bonds. The summed E-state index contributed by atoms with van der Waals surface area (Å²) in [5, 5.41) is 2.84. The van der Waals surface area contributed by atoms with Crippen molar-refractivity contribution in [1.29, 1.82) is 0 Å². The van der Waals surface area contributed by atoms with E-state index in [0.29, 0.717) is 49.8 Å². The monoisotopic (exact) mass is 462 g/mol. The number of alkyl halides is 3. The zero-order chi connectivity index (χ0) is 23.6. The average molecular weight is 462 g/mol. The van der Waals surface area contributed by atoms with E-state index in [9.17, 15) is 22.4 Å². The molecule has 1 aromatic carbocycles. The molecule has 1 atom stereocenters. The molecule has 9 heteroatoms. The van der Waals surface area contributed by atoms with Crippen LogP contribution in [-0.4, -0.2) is 36.6 Å². The van der Waals surface area contributed by atoms with Gasteiger partial charge in [0, 0.05) is 31.9 Å². The Kier molecular flexibility index (Phi) is 6.69. The molecule has 0 spiro atoms. The van der Waals surface area contributed by atoms with Gasteiger partial charge >= 0.3 is 6.18 Å². The highest BCUT2D eigenvalue weighted by Gasteiger charge is 2.33. The van der Waals surface area contributed by atoms with Gasteiger partial charge in [-0.3, -0.25) is 4.79 Å². The minimum Gasteiger partial charge on any atom is -0.356 e. The topological polar surface area (TPSA) is 71.2 Å². The Labute approximate surface area is 189 Å². The van der Waals surface area contributed by atoms with Crippen LogP contribution in [0.3, 0.4) is 0 Å². The number of nitrogens with one attached hydrogen (secondary N) is 1. The molecule has 5 nitrogen and oxygen atoms in total. The van der Waals surface area contributed by atoms with Crippen molar-refractivity contribution in [1.82, 2.24) is 10.3 Å². The largest absolute Gasteiger partial charge is 0.416 e. The van der Waals surface area contributed by atoms with Gasteiger partial charge < -0.3 is 16.0 Å². The van der Waals surface area contributed by atoms with Crippen LogP contribution >= 0.6 is 0 Å². The number of nitrogens with zero attached hydrogens (tertiary/aromatic N) is 2. The molecule has 1 aromatic heterocycles. The molecule has 2 aromatic rings. The number of hydrogen-bond donors (Lipinski definition) is 2. The first-order valence-corrected chi connectivity index (χ1v) is 11.0. The molecule has 1 saturated carbocycles. The molecule has 0 radical (unpaired) electrons. The van der Waals surface area contributed by atoms with Gasteiger partial charge in [-0.05, 0) is 67.5 Å². The van der Waals surface area contributed by atoms with Gasteiger partial charge in [0.15, 0.2) is 0 Å². The number of hydrogen-bond acceptors (Lipinski definition) is 4. The van der Waals surface area contributed by atoms with Crippen molar-refractivity contribution in [2.45, 2.75) is 37.9 Å². The van der Waals surface area contributed by atoms with Crippen molar-refractivity contribution in [3.63, 3.8) is 0 Å². The van der Waals surface area contributed by atoms with E-state index < -0.39 is 17.6 Å². The minimum absolute atomic E-state index is 0.0172. The SMILES string of the molecule is NC(CNC(=O)c1ccc(N2CCC(=Cc3cc(F)ccc3C(F)(F)F)CC2)nc1)C1CC1. The number of benzene rings is 1. The quantitative estimate of drug-likeness (QED) is 0.625. The molecule has 0 bridgehead atoms. The van der Waals surface area contributed by atoms with Gasteiger partial charge in [0.2, 0.25) is 0 Å². The average Bonchev–Trinajstić information content (AvgIpc) is 3.63. The zero-order valence-electron chi connectivity index (χ0n) is 18.0. The van der Waals surface area contributed by atoms with Crippen LogP contribution in [0.5, 0.6) is 0 Å². The van der Waals surface area contributed by atoms with Crippen LogP contribution in [-0.2, 0) is 6.18 Å². The second kappa shape index (κ2) is 9.51. The van der Waals surface area contributed by atoms with E-state index in [0.717, 1.165) is 36.6 Å². The lowest BCUT2D eigenvalue weighted by molar-refractivity contribution is -0.137. The molecule has 33 heavy (non-hydrogen) atoms. The van der Waals surface area contributed by atoms with E-state index in [-0.39, 0.29) is 17.5 Å². The number of anilines is 1. The molecule has 4 rings (SSSR count). The number of halogens is 4. The highest BCUT2D eigenvalue weighted by molar-refractivity contribution is 5.94. The first kappa shape index (κ1) is 23.2. The van der Waals surface area contributed by atoms with E-state index in [1.54, 1.807) is 12.1 Å². The van der Waals surface area contributed by atoms with Crippen molar-refractivity contribution >= 4 is 17.8 Å². The Hall–Kier alpha value is -2.94. The van der Waals surface area contributed by atoms with Crippen LogP contribution in [0.2, 0.25) is 0 Å². The fraction of sp³-hybridized carbons (Fsp3) is 0.417. The van der Waals surface area contributed by atoms with Gasteiger partial charge in [-0.2, -0.15) is 13.2 Å². The molecule has 1 saturated heterocycles. The Morgan fingerprint density at radius 2 is 1.94 bits per heavy atom. The predicted molar refractivity (Wildman–Crippen MR) is 118 cm³/mol. The Morgan fingerprint density at radius 1 is 1.21 bits per heavy atom. The van der Waals surface area contributed by atoms with Crippen LogP contribution in [0, 0.1) is 11.7 Å². The molecule has 2 heterocycles. The predicted octanol–water partition coefficient (Wildman–Crippen LogP) is 4.39. The molecule has 3 N–H and O–H groups in total. The maximum Gasteiger partial charge on any atom is 0.416 e. The van der Waals surface area contributed by atoms with Crippen LogP contribution in [0.25, 0.3) is 6.08 Å². The lowest BCUT2D eigenvalue weighted by Gasteiger charge is -2.29. The smallest absolute Gasteiger partial charge is 0.356 e. The van der Waals surface area contributed by atoms with E-state index in [4.69, 9.17) is 5.73 Å². The number of piperidine rings is 1. The van der Waals surface area contributed by atoms with Crippen LogP contribution in [0.15, 0.2) is 42.1 Å². The lowest BCUT2D eigenvalue weighted by atomic mass is 9.98. The molecule has 176 valence electrons. The van der Waals surface area contributed by atoms with Crippen LogP contribution in [0.1, 0.15) is 47.2 Å². The third-order valence-electron chi connectivity index (χ3n) is 6.14. The van der Waals surface area contributed by atoms with Crippen molar-refractivity contribution in [3.8, 4) is 0 Å². The van der Waals surface area contributed by atoms with Gasteiger partial charge in [-0.25, -0.2) is 9.37 Å². The summed E-state index contributed by atoms with van der Waals surface area (Å²) in [6.07, 6.45) is 1.73. The number of aromatic nitrogens is 1. The first-order chi connectivity index (χ1) is 15.7. The minimum atomic E-state index is -4.54. The third-order valence-corrected chi connectivity index (χ3v) is 6.14. The maximum atomic E-state index is 13.5.